The minimum Gasteiger partial charge on any atom is -0.255 e. The van der Waals surface area contributed by atoms with Crippen LogP contribution in [0.4, 0.5) is 0 Å². The lowest BCUT2D eigenvalue weighted by molar-refractivity contribution is 0.862. The molecule has 0 aromatic carbocycles. The topological polar surface area (TPSA) is 12.9 Å². The van der Waals surface area contributed by atoms with Crippen molar-refractivity contribution < 1.29 is 0 Å². The van der Waals surface area contributed by atoms with Crippen LogP contribution in [0.3, 0.4) is 0 Å². The first-order valence-corrected chi connectivity index (χ1v) is 3.12. The van der Waals surface area contributed by atoms with Gasteiger partial charge < -0.3 is 0 Å². The molecule has 0 saturated carbocycles. The standard InChI is InChI=1S/C8H10N/c1-7(2)8-3-5-9-6-4-8/h3-5,7H,1-2H3. The lowest BCUT2D eigenvalue weighted by Gasteiger charge is -2.00. The molecule has 0 aliphatic carbocycles. The molecule has 0 aliphatic heterocycles. The van der Waals surface area contributed by atoms with E-state index >= 15 is 0 Å². The van der Waals surface area contributed by atoms with Crippen molar-refractivity contribution in [3.05, 3.63) is 30.1 Å². The molecule has 0 N–H and O–H groups in total. The van der Waals surface area contributed by atoms with Gasteiger partial charge in [-0.05, 0) is 23.6 Å². The Balaban J connectivity index is 2.85. The fourth-order valence-electron chi connectivity index (χ4n) is 0.685. The molecule has 0 fully saturated rings. The lowest BCUT2D eigenvalue weighted by atomic mass is 10.1. The second-order valence-electron chi connectivity index (χ2n) is 2.37. The van der Waals surface area contributed by atoms with Gasteiger partial charge in [0.2, 0.25) is 0 Å². The van der Waals surface area contributed by atoms with Crippen LogP contribution >= 0.6 is 0 Å². The van der Waals surface area contributed by atoms with Gasteiger partial charge in [-0.2, -0.15) is 0 Å². The average molecular weight is 120 g/mol. The Morgan fingerprint density at radius 1 is 1.56 bits per heavy atom. The third-order valence-electron chi connectivity index (χ3n) is 1.31. The SMILES string of the molecule is CC(C)c1c[c]ncc1. The Morgan fingerprint density at radius 3 is 2.67 bits per heavy atom. The van der Waals surface area contributed by atoms with Gasteiger partial charge in [-0.15, -0.1) is 0 Å². The van der Waals surface area contributed by atoms with Gasteiger partial charge in [0.1, 0.15) is 0 Å². The minimum absolute atomic E-state index is 0.587. The summed E-state index contributed by atoms with van der Waals surface area (Å²) in [6.07, 6.45) is 4.57. The van der Waals surface area contributed by atoms with Crippen LogP contribution in [0.25, 0.3) is 0 Å². The van der Waals surface area contributed by atoms with Crippen molar-refractivity contribution in [3.63, 3.8) is 0 Å². The van der Waals surface area contributed by atoms with E-state index in [-0.39, 0.29) is 0 Å². The monoisotopic (exact) mass is 120 g/mol. The van der Waals surface area contributed by atoms with E-state index in [2.05, 4.69) is 25.0 Å². The molecule has 0 bridgehead atoms. The van der Waals surface area contributed by atoms with Crippen molar-refractivity contribution in [1.82, 2.24) is 4.98 Å². The van der Waals surface area contributed by atoms with Crippen LogP contribution in [0.1, 0.15) is 25.3 Å². The Bertz CT molecular complexity index is 167. The lowest BCUT2D eigenvalue weighted by Crippen LogP contribution is -1.85. The zero-order valence-electron chi connectivity index (χ0n) is 5.76. The largest absolute Gasteiger partial charge is 0.255 e. The van der Waals surface area contributed by atoms with Gasteiger partial charge >= 0.3 is 0 Å². The summed E-state index contributed by atoms with van der Waals surface area (Å²) in [5.41, 5.74) is 1.30. The molecule has 1 rings (SSSR count). The normalized spacial score (nSPS) is 10.1. The third kappa shape index (κ3) is 1.53. The molecular formula is C8H10N. The maximum atomic E-state index is 3.80. The Kier molecular flexibility index (Phi) is 1.83. The number of hydrogen-bond donors (Lipinski definition) is 0. The highest BCUT2D eigenvalue weighted by Crippen LogP contribution is 2.10. The van der Waals surface area contributed by atoms with E-state index in [0.717, 1.165) is 0 Å². The maximum absolute atomic E-state index is 3.80. The van der Waals surface area contributed by atoms with Crippen LogP contribution in [-0.2, 0) is 0 Å². The number of pyridine rings is 1. The smallest absolute Gasteiger partial charge is 0.0889 e. The molecule has 0 spiro atoms. The molecule has 1 heteroatoms. The van der Waals surface area contributed by atoms with Gasteiger partial charge in [0, 0.05) is 6.20 Å². The zero-order chi connectivity index (χ0) is 6.69. The molecule has 47 valence electrons. The van der Waals surface area contributed by atoms with Gasteiger partial charge in [-0.1, -0.05) is 13.8 Å². The van der Waals surface area contributed by atoms with Crippen LogP contribution in [0.5, 0.6) is 0 Å². The molecule has 1 aromatic rings. The first-order valence-electron chi connectivity index (χ1n) is 3.12. The second-order valence-corrected chi connectivity index (χ2v) is 2.37. The molecule has 0 aliphatic rings. The van der Waals surface area contributed by atoms with Crippen molar-refractivity contribution in [2.45, 2.75) is 19.8 Å². The van der Waals surface area contributed by atoms with E-state index in [9.17, 15) is 0 Å². The quantitative estimate of drug-likeness (QED) is 0.552. The van der Waals surface area contributed by atoms with E-state index in [1.807, 2.05) is 12.1 Å². The molecule has 0 amide bonds. The number of hydrogen-bond acceptors (Lipinski definition) is 1. The molecule has 1 nitrogen and oxygen atoms in total. The number of rotatable bonds is 1. The molecule has 1 radical (unpaired) electrons. The summed E-state index contributed by atoms with van der Waals surface area (Å²) in [5.74, 6) is 0.587. The summed E-state index contributed by atoms with van der Waals surface area (Å²) >= 11 is 0. The van der Waals surface area contributed by atoms with E-state index in [1.165, 1.54) is 5.56 Å². The predicted octanol–water partition coefficient (Wildman–Crippen LogP) is 2.01. The summed E-state index contributed by atoms with van der Waals surface area (Å²) in [7, 11) is 0. The van der Waals surface area contributed by atoms with Gasteiger partial charge in [0.25, 0.3) is 0 Å². The Labute approximate surface area is 55.7 Å². The molecule has 0 unspecified atom stereocenters. The fraction of sp³-hybridized carbons (Fsp3) is 0.375. The van der Waals surface area contributed by atoms with Crippen molar-refractivity contribution in [1.29, 1.82) is 0 Å². The van der Waals surface area contributed by atoms with Crippen molar-refractivity contribution in [2.24, 2.45) is 0 Å². The Morgan fingerprint density at radius 2 is 2.33 bits per heavy atom. The first-order chi connectivity index (χ1) is 4.30. The summed E-state index contributed by atoms with van der Waals surface area (Å²) in [5, 5.41) is 0. The maximum Gasteiger partial charge on any atom is 0.0889 e. The highest BCUT2D eigenvalue weighted by Gasteiger charge is 1.94. The minimum atomic E-state index is 0.587. The van der Waals surface area contributed by atoms with Crippen LogP contribution in [0.2, 0.25) is 0 Å². The van der Waals surface area contributed by atoms with Crippen molar-refractivity contribution >= 4 is 0 Å². The van der Waals surface area contributed by atoms with Crippen LogP contribution < -0.4 is 0 Å². The van der Waals surface area contributed by atoms with Gasteiger partial charge in [0.15, 0.2) is 0 Å². The highest BCUT2D eigenvalue weighted by atomic mass is 14.6. The zero-order valence-corrected chi connectivity index (χ0v) is 5.76. The van der Waals surface area contributed by atoms with E-state index in [4.69, 9.17) is 0 Å². The van der Waals surface area contributed by atoms with Gasteiger partial charge in [-0.3, -0.25) is 4.98 Å². The van der Waals surface area contributed by atoms with Crippen LogP contribution in [0, 0.1) is 6.20 Å². The first kappa shape index (κ1) is 6.27. The molecule has 9 heavy (non-hydrogen) atoms. The van der Waals surface area contributed by atoms with Crippen molar-refractivity contribution in [2.75, 3.05) is 0 Å². The van der Waals surface area contributed by atoms with E-state index < -0.39 is 0 Å². The van der Waals surface area contributed by atoms with Gasteiger partial charge in [-0.25, -0.2) is 0 Å². The third-order valence-corrected chi connectivity index (χ3v) is 1.31. The van der Waals surface area contributed by atoms with Gasteiger partial charge in [0.05, 0.1) is 6.20 Å². The molecule has 0 saturated heterocycles. The molecule has 1 heterocycles. The summed E-state index contributed by atoms with van der Waals surface area (Å²) in [6.45, 7) is 4.31. The average Bonchev–Trinajstić information content (AvgIpc) is 1.90. The highest BCUT2D eigenvalue weighted by molar-refractivity contribution is 5.12. The van der Waals surface area contributed by atoms with Crippen molar-refractivity contribution in [3.8, 4) is 0 Å². The summed E-state index contributed by atoms with van der Waals surface area (Å²) < 4.78 is 0. The second kappa shape index (κ2) is 2.62. The molecular weight excluding hydrogens is 110 g/mol. The molecule has 0 atom stereocenters. The van der Waals surface area contributed by atoms with E-state index in [1.54, 1.807) is 6.20 Å². The Hall–Kier alpha value is -0.850. The fourth-order valence-corrected chi connectivity index (χ4v) is 0.685. The number of aromatic nitrogens is 1. The predicted molar refractivity (Wildman–Crippen MR) is 37.2 cm³/mol. The van der Waals surface area contributed by atoms with E-state index in [0.29, 0.717) is 5.92 Å². The number of nitrogens with zero attached hydrogens (tertiary/aromatic N) is 1. The summed E-state index contributed by atoms with van der Waals surface area (Å²) in [6, 6.07) is 3.94. The van der Waals surface area contributed by atoms with Crippen LogP contribution in [-0.4, -0.2) is 4.98 Å². The summed E-state index contributed by atoms with van der Waals surface area (Å²) in [4.78, 5) is 3.80. The van der Waals surface area contributed by atoms with Crippen LogP contribution in [0.15, 0.2) is 18.3 Å². The molecule has 1 aromatic heterocycles.